The summed E-state index contributed by atoms with van der Waals surface area (Å²) in [6.07, 6.45) is 3.96. The number of aliphatic hydroxyl groups is 1. The molecule has 0 unspecified atom stereocenters. The first-order valence-electron chi connectivity index (χ1n) is 5.71. The number of nitrogens with zero attached hydrogens (tertiary/aromatic N) is 2. The van der Waals surface area contributed by atoms with Crippen molar-refractivity contribution < 1.29 is 17.9 Å². The van der Waals surface area contributed by atoms with E-state index in [1.165, 1.54) is 18.6 Å². The van der Waals surface area contributed by atoms with Crippen LogP contribution in [0.2, 0.25) is 0 Å². The molecule has 2 rings (SSSR count). The Labute approximate surface area is 120 Å². The van der Waals surface area contributed by atoms with Crippen molar-refractivity contribution in [1.29, 1.82) is 0 Å². The van der Waals surface area contributed by atoms with Gasteiger partial charge in [-0.3, -0.25) is 9.71 Å². The van der Waals surface area contributed by atoms with Crippen LogP contribution in [0, 0.1) is 17.7 Å². The fourth-order valence-electron chi connectivity index (χ4n) is 1.51. The molecule has 2 N–H and O–H groups in total. The van der Waals surface area contributed by atoms with Crippen LogP contribution in [0.1, 0.15) is 5.56 Å². The van der Waals surface area contributed by atoms with Crippen molar-refractivity contribution in [3.8, 4) is 11.8 Å². The molecule has 0 saturated heterocycles. The van der Waals surface area contributed by atoms with Crippen LogP contribution in [0.4, 0.5) is 10.2 Å². The van der Waals surface area contributed by atoms with E-state index in [0.29, 0.717) is 0 Å². The van der Waals surface area contributed by atoms with E-state index in [1.54, 1.807) is 0 Å². The fourth-order valence-corrected chi connectivity index (χ4v) is 2.65. The van der Waals surface area contributed by atoms with E-state index in [4.69, 9.17) is 5.11 Å². The van der Waals surface area contributed by atoms with E-state index in [9.17, 15) is 12.8 Å². The van der Waals surface area contributed by atoms with Gasteiger partial charge in [-0.05, 0) is 18.2 Å². The lowest BCUT2D eigenvalue weighted by Gasteiger charge is -2.08. The van der Waals surface area contributed by atoms with Gasteiger partial charge in [0.1, 0.15) is 17.3 Å². The van der Waals surface area contributed by atoms with Gasteiger partial charge in [-0.25, -0.2) is 17.8 Å². The largest absolute Gasteiger partial charge is 0.384 e. The summed E-state index contributed by atoms with van der Waals surface area (Å²) in [5.74, 6) is 4.09. The molecule has 0 amide bonds. The highest BCUT2D eigenvalue weighted by atomic mass is 32.2. The van der Waals surface area contributed by atoms with E-state index in [2.05, 4.69) is 26.5 Å². The third-order valence-electron chi connectivity index (χ3n) is 2.34. The Morgan fingerprint density at radius 3 is 2.81 bits per heavy atom. The van der Waals surface area contributed by atoms with Gasteiger partial charge in [0.2, 0.25) is 0 Å². The maximum atomic E-state index is 13.2. The van der Waals surface area contributed by atoms with Crippen LogP contribution in [0.5, 0.6) is 0 Å². The molecule has 8 heteroatoms. The lowest BCUT2D eigenvalue weighted by Crippen LogP contribution is -2.15. The highest BCUT2D eigenvalue weighted by Crippen LogP contribution is 2.19. The Balaban J connectivity index is 2.45. The van der Waals surface area contributed by atoms with Crippen molar-refractivity contribution in [2.75, 3.05) is 11.3 Å². The molecular weight excluding hydrogens is 297 g/mol. The quantitative estimate of drug-likeness (QED) is 0.817. The molecule has 0 spiro atoms. The molecule has 0 radical (unpaired) electrons. The summed E-state index contributed by atoms with van der Waals surface area (Å²) >= 11 is 0. The van der Waals surface area contributed by atoms with Gasteiger partial charge in [0.25, 0.3) is 10.0 Å². The maximum absolute atomic E-state index is 13.2. The Hall–Kier alpha value is -2.50. The minimum Gasteiger partial charge on any atom is -0.384 e. The van der Waals surface area contributed by atoms with Gasteiger partial charge in [-0.1, -0.05) is 11.8 Å². The van der Waals surface area contributed by atoms with Gasteiger partial charge < -0.3 is 5.11 Å². The van der Waals surface area contributed by atoms with Gasteiger partial charge in [0, 0.05) is 18.0 Å². The van der Waals surface area contributed by atoms with Crippen LogP contribution in [0.25, 0.3) is 0 Å². The molecule has 0 fully saturated rings. The standard InChI is InChI=1S/C13H10FN3O3S/c14-11-3-4-12(10(8-11)2-1-7-18)21(19,20)17-13-9-15-5-6-16-13/h3-6,8-9,18H,7H2,(H,16,17). The molecule has 2 aromatic rings. The monoisotopic (exact) mass is 307 g/mol. The van der Waals surface area contributed by atoms with E-state index < -0.39 is 22.4 Å². The molecule has 1 heterocycles. The molecule has 1 aromatic heterocycles. The second-order valence-electron chi connectivity index (χ2n) is 3.80. The summed E-state index contributed by atoms with van der Waals surface area (Å²) in [5.41, 5.74) is -0.0551. The first-order chi connectivity index (χ1) is 10.0. The Morgan fingerprint density at radius 1 is 1.33 bits per heavy atom. The number of aliphatic hydroxyl groups excluding tert-OH is 1. The number of hydrogen-bond acceptors (Lipinski definition) is 5. The topological polar surface area (TPSA) is 92.2 Å². The first-order valence-corrected chi connectivity index (χ1v) is 7.19. The lowest BCUT2D eigenvalue weighted by atomic mass is 10.2. The van der Waals surface area contributed by atoms with Crippen molar-refractivity contribution in [3.63, 3.8) is 0 Å². The van der Waals surface area contributed by atoms with Gasteiger partial charge in [0.15, 0.2) is 5.82 Å². The number of rotatable bonds is 3. The van der Waals surface area contributed by atoms with Gasteiger partial charge in [-0.2, -0.15) is 0 Å². The van der Waals surface area contributed by atoms with E-state index >= 15 is 0 Å². The van der Waals surface area contributed by atoms with Gasteiger partial charge >= 0.3 is 0 Å². The number of sulfonamides is 1. The number of nitrogens with one attached hydrogen (secondary N) is 1. The van der Waals surface area contributed by atoms with Crippen LogP contribution >= 0.6 is 0 Å². The molecule has 0 atom stereocenters. The number of anilines is 1. The van der Waals surface area contributed by atoms with Crippen molar-refractivity contribution in [3.05, 3.63) is 48.2 Å². The average Bonchev–Trinajstić information content (AvgIpc) is 2.45. The second kappa shape index (κ2) is 6.30. The summed E-state index contributed by atoms with van der Waals surface area (Å²) in [4.78, 5) is 7.32. The number of benzene rings is 1. The predicted molar refractivity (Wildman–Crippen MR) is 73.2 cm³/mol. The zero-order chi connectivity index (χ0) is 15.3. The fraction of sp³-hybridized carbons (Fsp3) is 0.0769. The number of halogens is 1. The zero-order valence-corrected chi connectivity index (χ0v) is 11.4. The predicted octanol–water partition coefficient (Wildman–Crippen LogP) is 0.760. The SMILES string of the molecule is O=S(=O)(Nc1cnccn1)c1ccc(F)cc1C#CCO. The van der Waals surface area contributed by atoms with Crippen LogP contribution < -0.4 is 4.72 Å². The van der Waals surface area contributed by atoms with Crippen molar-refractivity contribution in [2.24, 2.45) is 0 Å². The van der Waals surface area contributed by atoms with E-state index in [1.807, 2.05) is 0 Å². The third-order valence-corrected chi connectivity index (χ3v) is 3.75. The Morgan fingerprint density at radius 2 is 2.14 bits per heavy atom. The molecule has 0 aliphatic rings. The maximum Gasteiger partial charge on any atom is 0.264 e. The van der Waals surface area contributed by atoms with Crippen molar-refractivity contribution in [2.45, 2.75) is 4.90 Å². The van der Waals surface area contributed by atoms with E-state index in [0.717, 1.165) is 18.2 Å². The molecule has 0 bridgehead atoms. The summed E-state index contributed by atoms with van der Waals surface area (Å²) in [6.45, 7) is -0.465. The molecule has 0 aliphatic carbocycles. The van der Waals surface area contributed by atoms with Gasteiger partial charge in [-0.15, -0.1) is 0 Å². The molecule has 21 heavy (non-hydrogen) atoms. The molecule has 1 aromatic carbocycles. The minimum atomic E-state index is -3.99. The summed E-state index contributed by atoms with van der Waals surface area (Å²) in [7, 11) is -3.99. The lowest BCUT2D eigenvalue weighted by molar-refractivity contribution is 0.350. The van der Waals surface area contributed by atoms with Crippen molar-refractivity contribution >= 4 is 15.8 Å². The first kappa shape index (κ1) is 14.9. The highest BCUT2D eigenvalue weighted by molar-refractivity contribution is 7.92. The molecular formula is C13H10FN3O3S. The normalized spacial score (nSPS) is 10.6. The molecule has 6 nitrogen and oxygen atoms in total. The van der Waals surface area contributed by atoms with Crippen LogP contribution in [0.3, 0.4) is 0 Å². The second-order valence-corrected chi connectivity index (χ2v) is 5.45. The minimum absolute atomic E-state index is 0.0305. The van der Waals surface area contributed by atoms with Crippen LogP contribution in [-0.4, -0.2) is 30.1 Å². The smallest absolute Gasteiger partial charge is 0.264 e. The number of aromatic nitrogens is 2. The summed E-state index contributed by atoms with van der Waals surface area (Å²) in [5, 5.41) is 8.68. The Kier molecular flexibility index (Phi) is 4.47. The summed E-state index contributed by atoms with van der Waals surface area (Å²) < 4.78 is 40.0. The summed E-state index contributed by atoms with van der Waals surface area (Å²) in [6, 6.07) is 3.08. The highest BCUT2D eigenvalue weighted by Gasteiger charge is 2.19. The molecule has 0 aliphatic heterocycles. The molecule has 108 valence electrons. The van der Waals surface area contributed by atoms with Gasteiger partial charge in [0.05, 0.1) is 6.20 Å². The number of hydrogen-bond donors (Lipinski definition) is 2. The van der Waals surface area contributed by atoms with E-state index in [-0.39, 0.29) is 16.3 Å². The Bertz CT molecular complexity index is 798. The zero-order valence-electron chi connectivity index (χ0n) is 10.6. The van der Waals surface area contributed by atoms with Crippen molar-refractivity contribution in [1.82, 2.24) is 9.97 Å². The van der Waals surface area contributed by atoms with Crippen LogP contribution in [0.15, 0.2) is 41.7 Å². The average molecular weight is 307 g/mol. The van der Waals surface area contributed by atoms with Crippen LogP contribution in [-0.2, 0) is 10.0 Å². The third kappa shape index (κ3) is 3.75. The molecule has 0 saturated carbocycles.